The van der Waals surface area contributed by atoms with Crippen LogP contribution in [0.4, 0.5) is 5.82 Å². The zero-order valence-corrected chi connectivity index (χ0v) is 13.6. The van der Waals surface area contributed by atoms with Crippen molar-refractivity contribution in [1.29, 1.82) is 0 Å². The molecule has 1 saturated heterocycles. The van der Waals surface area contributed by atoms with Crippen LogP contribution in [0.25, 0.3) is 5.82 Å². The van der Waals surface area contributed by atoms with Gasteiger partial charge in [-0.2, -0.15) is 4.31 Å². The van der Waals surface area contributed by atoms with Gasteiger partial charge >= 0.3 is 0 Å². The average molecular weight is 333 g/mol. The van der Waals surface area contributed by atoms with Gasteiger partial charge in [0.15, 0.2) is 11.6 Å². The lowest BCUT2D eigenvalue weighted by atomic mass is 10.3. The molecule has 2 fully saturated rings. The molecule has 0 atom stereocenters. The van der Waals surface area contributed by atoms with Crippen LogP contribution in [-0.2, 0) is 10.0 Å². The van der Waals surface area contributed by atoms with E-state index in [0.717, 1.165) is 24.5 Å². The van der Waals surface area contributed by atoms with E-state index >= 15 is 0 Å². The van der Waals surface area contributed by atoms with Gasteiger partial charge in [0.05, 0.1) is 5.25 Å². The van der Waals surface area contributed by atoms with Crippen molar-refractivity contribution in [2.75, 3.05) is 31.1 Å². The third-order valence-corrected chi connectivity index (χ3v) is 6.77. The molecule has 0 aromatic carbocycles. The summed E-state index contributed by atoms with van der Waals surface area (Å²) >= 11 is 0. The van der Waals surface area contributed by atoms with Crippen LogP contribution < -0.4 is 4.90 Å². The summed E-state index contributed by atoms with van der Waals surface area (Å²) in [6.07, 6.45) is 5.47. The summed E-state index contributed by atoms with van der Waals surface area (Å²) in [5, 5.41) is 8.39. The van der Waals surface area contributed by atoms with Crippen molar-refractivity contribution in [1.82, 2.24) is 19.1 Å². The lowest BCUT2D eigenvalue weighted by molar-refractivity contribution is 0.382. The Labute approximate surface area is 135 Å². The van der Waals surface area contributed by atoms with Gasteiger partial charge in [-0.05, 0) is 37.1 Å². The van der Waals surface area contributed by atoms with Gasteiger partial charge in [0.1, 0.15) is 0 Å². The zero-order chi connectivity index (χ0) is 15.9. The van der Waals surface area contributed by atoms with Crippen LogP contribution in [-0.4, -0.2) is 58.9 Å². The van der Waals surface area contributed by atoms with Crippen LogP contribution >= 0.6 is 0 Å². The molecule has 8 heteroatoms. The topological polar surface area (TPSA) is 71.3 Å². The van der Waals surface area contributed by atoms with Crippen molar-refractivity contribution in [3.05, 3.63) is 36.7 Å². The van der Waals surface area contributed by atoms with Crippen LogP contribution in [0.15, 0.2) is 36.7 Å². The van der Waals surface area contributed by atoms with E-state index in [-0.39, 0.29) is 5.25 Å². The van der Waals surface area contributed by atoms with Gasteiger partial charge in [0, 0.05) is 38.6 Å². The monoisotopic (exact) mass is 333 g/mol. The van der Waals surface area contributed by atoms with E-state index in [1.807, 2.05) is 41.2 Å². The van der Waals surface area contributed by atoms with Gasteiger partial charge in [-0.15, -0.1) is 10.2 Å². The Bertz CT molecular complexity index is 761. The summed E-state index contributed by atoms with van der Waals surface area (Å²) in [5.74, 6) is 1.57. The van der Waals surface area contributed by atoms with E-state index in [1.165, 1.54) is 0 Å². The van der Waals surface area contributed by atoms with Crippen molar-refractivity contribution in [2.24, 2.45) is 0 Å². The highest BCUT2D eigenvalue weighted by atomic mass is 32.2. The van der Waals surface area contributed by atoms with Crippen molar-refractivity contribution < 1.29 is 8.42 Å². The fourth-order valence-electron chi connectivity index (χ4n) is 2.86. The fourth-order valence-corrected chi connectivity index (χ4v) is 4.69. The molecule has 0 spiro atoms. The molecule has 4 rings (SSSR count). The van der Waals surface area contributed by atoms with Gasteiger partial charge in [-0.25, -0.2) is 8.42 Å². The number of aromatic nitrogens is 3. The first-order chi connectivity index (χ1) is 11.1. The third kappa shape index (κ3) is 2.84. The molecule has 0 radical (unpaired) electrons. The number of hydrogen-bond donors (Lipinski definition) is 0. The summed E-state index contributed by atoms with van der Waals surface area (Å²) in [7, 11) is -3.06. The molecule has 1 aliphatic carbocycles. The van der Waals surface area contributed by atoms with Crippen molar-refractivity contribution in [3.63, 3.8) is 0 Å². The number of nitrogens with zero attached hydrogens (tertiary/aromatic N) is 5. The molecule has 122 valence electrons. The highest BCUT2D eigenvalue weighted by molar-refractivity contribution is 7.90. The van der Waals surface area contributed by atoms with Crippen LogP contribution in [0.3, 0.4) is 0 Å². The first-order valence-corrected chi connectivity index (χ1v) is 9.36. The van der Waals surface area contributed by atoms with Crippen molar-refractivity contribution in [3.8, 4) is 5.82 Å². The maximum Gasteiger partial charge on any atom is 0.217 e. The molecule has 2 aromatic heterocycles. The molecule has 3 heterocycles. The zero-order valence-electron chi connectivity index (χ0n) is 12.7. The quantitative estimate of drug-likeness (QED) is 0.831. The maximum absolute atomic E-state index is 12.2. The molecular formula is C15H19N5O2S. The Balaban J connectivity index is 1.42. The molecule has 0 bridgehead atoms. The second-order valence-electron chi connectivity index (χ2n) is 5.97. The second-order valence-corrected chi connectivity index (χ2v) is 8.18. The van der Waals surface area contributed by atoms with E-state index in [0.29, 0.717) is 26.2 Å². The summed E-state index contributed by atoms with van der Waals surface area (Å²) in [4.78, 5) is 2.09. The predicted octanol–water partition coefficient (Wildman–Crippen LogP) is 0.881. The smallest absolute Gasteiger partial charge is 0.217 e. The Morgan fingerprint density at radius 3 is 2.09 bits per heavy atom. The summed E-state index contributed by atoms with van der Waals surface area (Å²) in [5.41, 5.74) is 0. The minimum Gasteiger partial charge on any atom is -0.352 e. The Morgan fingerprint density at radius 2 is 1.52 bits per heavy atom. The van der Waals surface area contributed by atoms with E-state index in [1.54, 1.807) is 4.31 Å². The Hall–Kier alpha value is -1.93. The molecule has 0 N–H and O–H groups in total. The van der Waals surface area contributed by atoms with E-state index in [2.05, 4.69) is 15.1 Å². The standard InChI is InChI=1S/C15H19N5O2S/c21-23(22,13-3-4-13)20-11-9-19(10-12-20)15-6-5-14(16-17-15)18-7-1-2-8-18/h1-2,5-8,13H,3-4,9-12H2. The van der Waals surface area contributed by atoms with Crippen LogP contribution in [0, 0.1) is 0 Å². The first kappa shape index (κ1) is 14.6. The van der Waals surface area contributed by atoms with Gasteiger partial charge in [-0.1, -0.05) is 0 Å². The number of rotatable bonds is 4. The molecule has 0 amide bonds. The van der Waals surface area contributed by atoms with E-state index in [9.17, 15) is 8.42 Å². The predicted molar refractivity (Wildman–Crippen MR) is 87.1 cm³/mol. The van der Waals surface area contributed by atoms with Crippen molar-refractivity contribution >= 4 is 15.8 Å². The second kappa shape index (κ2) is 5.61. The molecule has 1 saturated carbocycles. The van der Waals surface area contributed by atoms with Gasteiger partial charge in [0.25, 0.3) is 0 Å². The van der Waals surface area contributed by atoms with Gasteiger partial charge < -0.3 is 9.47 Å². The number of anilines is 1. The summed E-state index contributed by atoms with van der Waals surface area (Å²) in [6.45, 7) is 2.37. The molecular weight excluding hydrogens is 314 g/mol. The minimum absolute atomic E-state index is 0.130. The first-order valence-electron chi connectivity index (χ1n) is 7.85. The van der Waals surface area contributed by atoms with Crippen LogP contribution in [0.5, 0.6) is 0 Å². The normalized spacial score (nSPS) is 19.9. The maximum atomic E-state index is 12.2. The minimum atomic E-state index is -3.06. The largest absolute Gasteiger partial charge is 0.352 e. The molecule has 7 nitrogen and oxygen atoms in total. The molecule has 23 heavy (non-hydrogen) atoms. The SMILES string of the molecule is O=S(=O)(C1CC1)N1CCN(c2ccc(-n3cccc3)nn2)CC1. The average Bonchev–Trinajstić information content (AvgIpc) is 3.32. The van der Waals surface area contributed by atoms with Gasteiger partial charge in [-0.3, -0.25) is 0 Å². The lowest BCUT2D eigenvalue weighted by Crippen LogP contribution is -2.49. The Kier molecular flexibility index (Phi) is 3.57. The van der Waals surface area contributed by atoms with Gasteiger partial charge in [0.2, 0.25) is 10.0 Å². The van der Waals surface area contributed by atoms with Crippen molar-refractivity contribution in [2.45, 2.75) is 18.1 Å². The fraction of sp³-hybridized carbons (Fsp3) is 0.467. The Morgan fingerprint density at radius 1 is 0.913 bits per heavy atom. The molecule has 2 aliphatic rings. The van der Waals surface area contributed by atoms with Crippen LogP contribution in [0.2, 0.25) is 0 Å². The lowest BCUT2D eigenvalue weighted by Gasteiger charge is -2.34. The van der Waals surface area contributed by atoms with E-state index < -0.39 is 10.0 Å². The molecule has 2 aromatic rings. The number of hydrogen-bond acceptors (Lipinski definition) is 5. The highest BCUT2D eigenvalue weighted by Crippen LogP contribution is 2.31. The molecule has 0 unspecified atom stereocenters. The summed E-state index contributed by atoms with van der Waals surface area (Å²) in [6, 6.07) is 7.74. The summed E-state index contributed by atoms with van der Waals surface area (Å²) < 4.78 is 28.0. The highest BCUT2D eigenvalue weighted by Gasteiger charge is 2.41. The number of piperazine rings is 1. The number of sulfonamides is 1. The third-order valence-electron chi connectivity index (χ3n) is 4.37. The van der Waals surface area contributed by atoms with E-state index in [4.69, 9.17) is 0 Å². The van der Waals surface area contributed by atoms with Crippen LogP contribution in [0.1, 0.15) is 12.8 Å². The molecule has 1 aliphatic heterocycles.